The first kappa shape index (κ1) is 13.0. The van der Waals surface area contributed by atoms with Crippen LogP contribution < -0.4 is 10.1 Å². The third-order valence-corrected chi connectivity index (χ3v) is 2.39. The molecule has 1 N–H and O–H groups in total. The van der Waals surface area contributed by atoms with E-state index in [1.807, 2.05) is 0 Å². The summed E-state index contributed by atoms with van der Waals surface area (Å²) in [6.45, 7) is -0.0716. The van der Waals surface area contributed by atoms with Gasteiger partial charge in [-0.1, -0.05) is 24.3 Å². The van der Waals surface area contributed by atoms with Crippen molar-refractivity contribution < 1.29 is 18.3 Å². The molecule has 2 rings (SSSR count). The number of halogens is 2. The quantitative estimate of drug-likeness (QED) is 0.923. The van der Waals surface area contributed by atoms with Gasteiger partial charge in [-0.25, -0.2) is 13.6 Å². The lowest BCUT2D eigenvalue weighted by molar-refractivity contribution is 0.200. The fourth-order valence-corrected chi connectivity index (χ4v) is 1.46. The predicted molar refractivity (Wildman–Crippen MR) is 65.7 cm³/mol. The molecule has 0 saturated heterocycles. The van der Waals surface area contributed by atoms with Crippen molar-refractivity contribution in [2.45, 2.75) is 6.54 Å². The van der Waals surface area contributed by atoms with Crippen LogP contribution in [0.2, 0.25) is 0 Å². The maximum Gasteiger partial charge on any atom is 0.412 e. The number of carbonyl (C=O) groups excluding carboxylic acids is 1. The molecule has 1 amide bonds. The second-order valence-electron chi connectivity index (χ2n) is 3.79. The van der Waals surface area contributed by atoms with E-state index in [4.69, 9.17) is 4.74 Å². The first-order chi connectivity index (χ1) is 9.15. The summed E-state index contributed by atoms with van der Waals surface area (Å²) in [6, 6.07) is 11.6. The topological polar surface area (TPSA) is 38.3 Å². The standard InChI is InChI=1S/C14H11F2NO2/c15-11-7-6-10(13(16)8-11)9-17-14(18)19-12-4-2-1-3-5-12/h1-8H,9H2,(H,17,18). The first-order valence-electron chi connectivity index (χ1n) is 5.60. The zero-order chi connectivity index (χ0) is 13.7. The number of nitrogens with one attached hydrogen (secondary N) is 1. The number of hydrogen-bond donors (Lipinski definition) is 1. The smallest absolute Gasteiger partial charge is 0.410 e. The first-order valence-corrected chi connectivity index (χ1v) is 5.60. The molecule has 0 aromatic heterocycles. The highest BCUT2D eigenvalue weighted by molar-refractivity contribution is 5.70. The zero-order valence-corrected chi connectivity index (χ0v) is 9.90. The highest BCUT2D eigenvalue weighted by atomic mass is 19.1. The average Bonchev–Trinajstić information content (AvgIpc) is 2.39. The number of ether oxygens (including phenoxy) is 1. The minimum Gasteiger partial charge on any atom is -0.410 e. The predicted octanol–water partition coefficient (Wildman–Crippen LogP) is 3.25. The third-order valence-electron chi connectivity index (χ3n) is 2.39. The van der Waals surface area contributed by atoms with Gasteiger partial charge in [0.05, 0.1) is 0 Å². The number of carbonyl (C=O) groups is 1. The van der Waals surface area contributed by atoms with Crippen LogP contribution in [-0.4, -0.2) is 6.09 Å². The molecule has 0 fully saturated rings. The van der Waals surface area contributed by atoms with Crippen molar-refractivity contribution >= 4 is 6.09 Å². The van der Waals surface area contributed by atoms with E-state index < -0.39 is 17.7 Å². The molecule has 0 unspecified atom stereocenters. The minimum atomic E-state index is -0.708. The Morgan fingerprint density at radius 2 is 1.84 bits per heavy atom. The van der Waals surface area contributed by atoms with Crippen LogP contribution in [0, 0.1) is 11.6 Å². The van der Waals surface area contributed by atoms with Crippen LogP contribution in [0.3, 0.4) is 0 Å². The Kier molecular flexibility index (Phi) is 4.07. The number of rotatable bonds is 3. The summed E-state index contributed by atoms with van der Waals surface area (Å²) in [6.07, 6.45) is -0.699. The summed E-state index contributed by atoms with van der Waals surface area (Å²) < 4.78 is 30.9. The van der Waals surface area contributed by atoms with Crippen molar-refractivity contribution in [3.8, 4) is 5.75 Å². The molecule has 0 bridgehead atoms. The Morgan fingerprint density at radius 3 is 2.53 bits per heavy atom. The summed E-state index contributed by atoms with van der Waals surface area (Å²) in [5, 5.41) is 2.38. The lowest BCUT2D eigenvalue weighted by atomic mass is 10.2. The second kappa shape index (κ2) is 5.95. The summed E-state index contributed by atoms with van der Waals surface area (Å²) in [4.78, 5) is 11.4. The van der Waals surface area contributed by atoms with Gasteiger partial charge in [-0.2, -0.15) is 0 Å². The van der Waals surface area contributed by atoms with E-state index in [0.717, 1.165) is 12.1 Å². The molecule has 5 heteroatoms. The van der Waals surface area contributed by atoms with Crippen molar-refractivity contribution in [1.82, 2.24) is 5.32 Å². The summed E-state index contributed by atoms with van der Waals surface area (Å²) in [7, 11) is 0. The SMILES string of the molecule is O=C(NCc1ccc(F)cc1F)Oc1ccccc1. The fourth-order valence-electron chi connectivity index (χ4n) is 1.46. The third kappa shape index (κ3) is 3.77. The van der Waals surface area contributed by atoms with E-state index in [2.05, 4.69) is 5.32 Å². The molecule has 0 spiro atoms. The van der Waals surface area contributed by atoms with E-state index in [-0.39, 0.29) is 12.1 Å². The van der Waals surface area contributed by atoms with Crippen molar-refractivity contribution in [3.05, 3.63) is 65.7 Å². The maximum atomic E-state index is 13.3. The molecule has 19 heavy (non-hydrogen) atoms. The van der Waals surface area contributed by atoms with Gasteiger partial charge in [0.25, 0.3) is 0 Å². The largest absolute Gasteiger partial charge is 0.412 e. The van der Waals surface area contributed by atoms with E-state index in [0.29, 0.717) is 5.75 Å². The van der Waals surface area contributed by atoms with E-state index in [1.165, 1.54) is 6.07 Å². The molecule has 0 heterocycles. The van der Waals surface area contributed by atoms with E-state index in [1.54, 1.807) is 30.3 Å². The van der Waals surface area contributed by atoms with Gasteiger partial charge in [0.1, 0.15) is 17.4 Å². The van der Waals surface area contributed by atoms with Crippen LogP contribution in [0.1, 0.15) is 5.56 Å². The van der Waals surface area contributed by atoms with Crippen LogP contribution in [-0.2, 0) is 6.54 Å². The van der Waals surface area contributed by atoms with Crippen LogP contribution in [0.4, 0.5) is 13.6 Å². The van der Waals surface area contributed by atoms with Crippen LogP contribution in [0.5, 0.6) is 5.75 Å². The van der Waals surface area contributed by atoms with Gasteiger partial charge in [-0.05, 0) is 18.2 Å². The second-order valence-corrected chi connectivity index (χ2v) is 3.79. The zero-order valence-electron chi connectivity index (χ0n) is 9.90. The molecule has 0 atom stereocenters. The lowest BCUT2D eigenvalue weighted by Gasteiger charge is -2.07. The molecule has 0 aliphatic rings. The minimum absolute atomic E-state index is 0.0716. The van der Waals surface area contributed by atoms with Crippen molar-refractivity contribution in [1.29, 1.82) is 0 Å². The number of hydrogen-bond acceptors (Lipinski definition) is 2. The van der Waals surface area contributed by atoms with Gasteiger partial charge in [-0.15, -0.1) is 0 Å². The average molecular weight is 263 g/mol. The molecular weight excluding hydrogens is 252 g/mol. The number of amides is 1. The highest BCUT2D eigenvalue weighted by Crippen LogP contribution is 2.10. The van der Waals surface area contributed by atoms with Crippen LogP contribution >= 0.6 is 0 Å². The molecule has 0 aliphatic heterocycles. The van der Waals surface area contributed by atoms with E-state index >= 15 is 0 Å². The van der Waals surface area contributed by atoms with Gasteiger partial charge in [0.2, 0.25) is 0 Å². The Morgan fingerprint density at radius 1 is 1.11 bits per heavy atom. The molecule has 3 nitrogen and oxygen atoms in total. The fraction of sp³-hybridized carbons (Fsp3) is 0.0714. The van der Waals surface area contributed by atoms with Gasteiger partial charge >= 0.3 is 6.09 Å². The van der Waals surface area contributed by atoms with Gasteiger partial charge in [0, 0.05) is 18.2 Å². The Bertz CT molecular complexity index is 573. The summed E-state index contributed by atoms with van der Waals surface area (Å²) in [5.41, 5.74) is 0.186. The molecule has 98 valence electrons. The van der Waals surface area contributed by atoms with Gasteiger partial charge < -0.3 is 10.1 Å². The molecule has 2 aromatic carbocycles. The normalized spacial score (nSPS) is 10.0. The maximum absolute atomic E-state index is 13.3. The molecule has 2 aromatic rings. The molecular formula is C14H11F2NO2. The van der Waals surface area contributed by atoms with Gasteiger partial charge in [0.15, 0.2) is 0 Å². The molecule has 0 aliphatic carbocycles. The van der Waals surface area contributed by atoms with Crippen LogP contribution in [0.25, 0.3) is 0 Å². The lowest BCUT2D eigenvalue weighted by Crippen LogP contribution is -2.26. The highest BCUT2D eigenvalue weighted by Gasteiger charge is 2.07. The molecule has 0 radical (unpaired) electrons. The van der Waals surface area contributed by atoms with E-state index in [9.17, 15) is 13.6 Å². The van der Waals surface area contributed by atoms with Crippen molar-refractivity contribution in [2.24, 2.45) is 0 Å². The van der Waals surface area contributed by atoms with Gasteiger partial charge in [-0.3, -0.25) is 0 Å². The van der Waals surface area contributed by atoms with Crippen molar-refractivity contribution in [2.75, 3.05) is 0 Å². The monoisotopic (exact) mass is 263 g/mol. The molecule has 0 saturated carbocycles. The Balaban J connectivity index is 1.90. The van der Waals surface area contributed by atoms with Crippen LogP contribution in [0.15, 0.2) is 48.5 Å². The van der Waals surface area contributed by atoms with Crippen molar-refractivity contribution in [3.63, 3.8) is 0 Å². The number of benzene rings is 2. The summed E-state index contributed by atoms with van der Waals surface area (Å²) >= 11 is 0. The Labute approximate surface area is 108 Å². The summed E-state index contributed by atoms with van der Waals surface area (Å²) in [5.74, 6) is -0.979. The number of para-hydroxylation sites is 1. The Hall–Kier alpha value is -2.43.